The number of nitrogens with one attached hydrogen (secondary N) is 1. The minimum atomic E-state index is -4.30. The molecule has 0 radical (unpaired) electrons. The summed E-state index contributed by atoms with van der Waals surface area (Å²) in [6.45, 7) is 2.67. The Bertz CT molecular complexity index is 661. The fraction of sp³-hybridized carbons (Fsp3) is 0.364. The maximum atomic E-state index is 13.3. The normalized spacial score (nSPS) is 13.1. The summed E-state index contributed by atoms with van der Waals surface area (Å²) < 4.78 is 89.7. The van der Waals surface area contributed by atoms with Crippen LogP contribution in [-0.4, -0.2) is 19.6 Å². The van der Waals surface area contributed by atoms with Crippen LogP contribution < -0.4 is 4.72 Å². The van der Waals surface area contributed by atoms with Crippen LogP contribution in [0, 0.1) is 29.1 Å². The predicted molar refractivity (Wildman–Crippen MR) is 62.4 cm³/mol. The molecule has 0 saturated carbocycles. The minimum Gasteiger partial charge on any atom is -0.268 e. The van der Waals surface area contributed by atoms with Crippen LogP contribution in [0.25, 0.3) is 0 Å². The average molecular weight is 331 g/mol. The Labute approximate surface area is 117 Å². The summed E-state index contributed by atoms with van der Waals surface area (Å²) in [5.74, 6) is -13.8. The quantitative estimate of drug-likeness (QED) is 0.523. The van der Waals surface area contributed by atoms with Gasteiger partial charge in [0.15, 0.2) is 23.3 Å². The summed E-state index contributed by atoms with van der Waals surface area (Å²) in [7, 11) is -4.30. The molecule has 4 nitrogen and oxygen atoms in total. The Morgan fingerprint density at radius 1 is 1.00 bits per heavy atom. The van der Waals surface area contributed by atoms with E-state index in [0.29, 0.717) is 0 Å². The largest absolute Gasteiger partial charge is 0.270 e. The Hall–Kier alpha value is -1.71. The van der Waals surface area contributed by atoms with E-state index in [1.165, 1.54) is 18.6 Å². The van der Waals surface area contributed by atoms with E-state index in [2.05, 4.69) is 0 Å². The molecule has 0 aliphatic rings. The van der Waals surface area contributed by atoms with Crippen molar-refractivity contribution in [2.75, 3.05) is 0 Å². The number of rotatable bonds is 4. The molecular weight excluding hydrogens is 321 g/mol. The van der Waals surface area contributed by atoms with Crippen LogP contribution in [0.5, 0.6) is 0 Å². The molecule has 0 saturated heterocycles. The molecule has 0 fully saturated rings. The molecular formula is C11H10F5NO3S. The third-order valence-corrected chi connectivity index (χ3v) is 4.64. The monoisotopic (exact) mass is 331 g/mol. The van der Waals surface area contributed by atoms with Gasteiger partial charge in [0, 0.05) is 0 Å². The van der Waals surface area contributed by atoms with E-state index in [1.54, 1.807) is 0 Å². The summed E-state index contributed by atoms with van der Waals surface area (Å²) in [5, 5.41) is -1.09. The highest BCUT2D eigenvalue weighted by Gasteiger charge is 2.32. The smallest absolute Gasteiger partial charge is 0.268 e. The first-order chi connectivity index (χ1) is 9.54. The number of hydrogen-bond acceptors (Lipinski definition) is 3. The fourth-order valence-corrected chi connectivity index (χ4v) is 2.30. The highest BCUT2D eigenvalue weighted by Crippen LogP contribution is 2.23. The molecule has 1 atom stereocenters. The first kappa shape index (κ1) is 17.3. The van der Waals surface area contributed by atoms with E-state index in [0.717, 1.165) is 0 Å². The van der Waals surface area contributed by atoms with Crippen molar-refractivity contribution in [2.24, 2.45) is 0 Å². The summed E-state index contributed by atoms with van der Waals surface area (Å²) in [6.07, 6.45) is 0.0692. The Balaban J connectivity index is 3.34. The van der Waals surface area contributed by atoms with Crippen molar-refractivity contribution in [3.8, 4) is 0 Å². The molecule has 0 bridgehead atoms. The van der Waals surface area contributed by atoms with Gasteiger partial charge in [-0.15, -0.1) is 0 Å². The molecule has 1 rings (SSSR count). The van der Waals surface area contributed by atoms with Gasteiger partial charge < -0.3 is 0 Å². The summed E-state index contributed by atoms with van der Waals surface area (Å²) in [4.78, 5) is 11.5. The lowest BCUT2D eigenvalue weighted by Gasteiger charge is -2.13. The lowest BCUT2D eigenvalue weighted by atomic mass is 10.1. The van der Waals surface area contributed by atoms with Crippen LogP contribution in [0.2, 0.25) is 0 Å². The van der Waals surface area contributed by atoms with Crippen LogP contribution in [0.1, 0.15) is 30.6 Å². The van der Waals surface area contributed by atoms with Gasteiger partial charge in [0.1, 0.15) is 5.56 Å². The zero-order chi connectivity index (χ0) is 16.5. The van der Waals surface area contributed by atoms with Crippen molar-refractivity contribution in [3.05, 3.63) is 34.6 Å². The van der Waals surface area contributed by atoms with Crippen molar-refractivity contribution in [1.29, 1.82) is 0 Å². The second kappa shape index (κ2) is 5.96. The van der Waals surface area contributed by atoms with Gasteiger partial charge >= 0.3 is 0 Å². The van der Waals surface area contributed by atoms with Crippen LogP contribution in [-0.2, 0) is 10.0 Å². The van der Waals surface area contributed by atoms with Crippen molar-refractivity contribution >= 4 is 15.9 Å². The third kappa shape index (κ3) is 3.14. The lowest BCUT2D eigenvalue weighted by Crippen LogP contribution is -2.38. The number of sulfonamides is 1. The van der Waals surface area contributed by atoms with Gasteiger partial charge in [-0.25, -0.2) is 35.1 Å². The molecule has 0 heterocycles. The standard InChI is InChI=1S/C11H10F5NO3S/c1-3-4(2)21(19,20)17-11(18)5-6(12)8(14)10(16)9(15)7(5)13/h4H,3H2,1-2H3,(H,17,18). The maximum absolute atomic E-state index is 13.3. The van der Waals surface area contributed by atoms with Gasteiger partial charge in [-0.3, -0.25) is 4.79 Å². The molecule has 0 aliphatic carbocycles. The Morgan fingerprint density at radius 2 is 1.38 bits per heavy atom. The fourth-order valence-electron chi connectivity index (χ4n) is 1.30. The van der Waals surface area contributed by atoms with Gasteiger partial charge in [-0.1, -0.05) is 6.92 Å². The second-order valence-corrected chi connectivity index (χ2v) is 6.24. The second-order valence-electron chi connectivity index (χ2n) is 4.14. The van der Waals surface area contributed by atoms with Gasteiger partial charge in [0.25, 0.3) is 5.91 Å². The molecule has 118 valence electrons. The van der Waals surface area contributed by atoms with E-state index in [4.69, 9.17) is 0 Å². The SMILES string of the molecule is CCC(C)S(=O)(=O)NC(=O)c1c(F)c(F)c(F)c(F)c1F. The summed E-state index contributed by atoms with van der Waals surface area (Å²) in [5.41, 5.74) is -1.85. The molecule has 0 aliphatic heterocycles. The molecule has 1 aromatic carbocycles. The first-order valence-electron chi connectivity index (χ1n) is 5.61. The number of halogens is 5. The predicted octanol–water partition coefficient (Wildman–Crippen LogP) is 2.24. The van der Waals surface area contributed by atoms with E-state index >= 15 is 0 Å². The zero-order valence-electron chi connectivity index (χ0n) is 10.8. The summed E-state index contributed by atoms with van der Waals surface area (Å²) >= 11 is 0. The average Bonchev–Trinajstić information content (AvgIpc) is 2.41. The van der Waals surface area contributed by atoms with Crippen LogP contribution in [0.15, 0.2) is 0 Å². The third-order valence-electron chi connectivity index (χ3n) is 2.78. The van der Waals surface area contributed by atoms with E-state index in [-0.39, 0.29) is 6.42 Å². The lowest BCUT2D eigenvalue weighted by molar-refractivity contribution is 0.0969. The van der Waals surface area contributed by atoms with Crippen LogP contribution >= 0.6 is 0 Å². The number of carbonyl (C=O) groups is 1. The molecule has 10 heteroatoms. The van der Waals surface area contributed by atoms with Gasteiger partial charge in [0.05, 0.1) is 5.25 Å². The number of benzene rings is 1. The van der Waals surface area contributed by atoms with Crippen molar-refractivity contribution in [2.45, 2.75) is 25.5 Å². The molecule has 1 amide bonds. The van der Waals surface area contributed by atoms with Gasteiger partial charge in [-0.2, -0.15) is 0 Å². The van der Waals surface area contributed by atoms with E-state index in [1.807, 2.05) is 0 Å². The number of hydrogen-bond donors (Lipinski definition) is 1. The van der Waals surface area contributed by atoms with Crippen LogP contribution in [0.4, 0.5) is 22.0 Å². The molecule has 1 unspecified atom stereocenters. The van der Waals surface area contributed by atoms with Crippen molar-refractivity contribution in [3.63, 3.8) is 0 Å². The summed E-state index contributed by atoms with van der Waals surface area (Å²) in [6, 6.07) is 0. The number of amides is 1. The minimum absolute atomic E-state index is 0.0692. The van der Waals surface area contributed by atoms with Gasteiger partial charge in [-0.05, 0) is 13.3 Å². The highest BCUT2D eigenvalue weighted by atomic mass is 32.2. The molecule has 0 spiro atoms. The zero-order valence-corrected chi connectivity index (χ0v) is 11.6. The molecule has 1 aromatic rings. The first-order valence-corrected chi connectivity index (χ1v) is 7.16. The van der Waals surface area contributed by atoms with Crippen molar-refractivity contribution in [1.82, 2.24) is 4.72 Å². The highest BCUT2D eigenvalue weighted by molar-refractivity contribution is 7.90. The van der Waals surface area contributed by atoms with Crippen molar-refractivity contribution < 1.29 is 35.2 Å². The Morgan fingerprint density at radius 3 is 1.76 bits per heavy atom. The number of carbonyl (C=O) groups excluding carboxylic acids is 1. The Kier molecular flexibility index (Phi) is 4.92. The van der Waals surface area contributed by atoms with E-state index in [9.17, 15) is 35.2 Å². The maximum Gasteiger partial charge on any atom is 0.270 e. The molecule has 1 N–H and O–H groups in total. The topological polar surface area (TPSA) is 63.2 Å². The van der Waals surface area contributed by atoms with Crippen LogP contribution in [0.3, 0.4) is 0 Å². The molecule has 21 heavy (non-hydrogen) atoms. The van der Waals surface area contributed by atoms with Gasteiger partial charge in [0.2, 0.25) is 15.8 Å². The van der Waals surface area contributed by atoms with E-state index < -0.39 is 55.8 Å². The molecule has 0 aromatic heterocycles.